The third-order valence-electron chi connectivity index (χ3n) is 4.83. The van der Waals surface area contributed by atoms with E-state index in [-0.39, 0.29) is 6.54 Å². The zero-order valence-corrected chi connectivity index (χ0v) is 15.9. The Kier molecular flexibility index (Phi) is 4.70. The first-order valence-electron chi connectivity index (χ1n) is 9.36. The molecule has 0 N–H and O–H groups in total. The van der Waals surface area contributed by atoms with Gasteiger partial charge in [-0.1, -0.05) is 24.3 Å². The van der Waals surface area contributed by atoms with E-state index in [1.165, 1.54) is 12.3 Å². The first kappa shape index (κ1) is 19.0. The van der Waals surface area contributed by atoms with Crippen molar-refractivity contribution in [1.29, 1.82) is 0 Å². The Morgan fingerprint density at radius 3 is 2.55 bits per heavy atom. The molecule has 0 aliphatic rings. The minimum Gasteiger partial charge on any atom is -0.419 e. The third kappa shape index (κ3) is 3.65. The Morgan fingerprint density at radius 2 is 1.74 bits per heavy atom. The SMILES string of the molecule is Fc1ccc(-c2cnc3cnn(Cc4nnc(-c5ccccc5)o4)c3c2)cc1C(F)F. The number of halogens is 3. The second kappa shape index (κ2) is 7.67. The van der Waals surface area contributed by atoms with Crippen molar-refractivity contribution < 1.29 is 17.6 Å². The zero-order chi connectivity index (χ0) is 21.4. The smallest absolute Gasteiger partial charge is 0.266 e. The van der Waals surface area contributed by atoms with Gasteiger partial charge in [0.15, 0.2) is 0 Å². The van der Waals surface area contributed by atoms with Crippen molar-refractivity contribution in [2.75, 3.05) is 0 Å². The van der Waals surface area contributed by atoms with E-state index in [9.17, 15) is 13.2 Å². The molecule has 154 valence electrons. The molecule has 6 nitrogen and oxygen atoms in total. The summed E-state index contributed by atoms with van der Waals surface area (Å²) in [6.45, 7) is 0.209. The van der Waals surface area contributed by atoms with Gasteiger partial charge in [-0.05, 0) is 35.9 Å². The van der Waals surface area contributed by atoms with Gasteiger partial charge in [0.2, 0.25) is 11.8 Å². The van der Waals surface area contributed by atoms with Gasteiger partial charge >= 0.3 is 0 Å². The van der Waals surface area contributed by atoms with Crippen LogP contribution >= 0.6 is 0 Å². The number of pyridine rings is 1. The number of hydrogen-bond donors (Lipinski definition) is 0. The second-order valence-electron chi connectivity index (χ2n) is 6.83. The van der Waals surface area contributed by atoms with Crippen LogP contribution in [0.3, 0.4) is 0 Å². The quantitative estimate of drug-likeness (QED) is 0.387. The van der Waals surface area contributed by atoms with Gasteiger partial charge in [0.25, 0.3) is 6.43 Å². The Morgan fingerprint density at radius 1 is 0.903 bits per heavy atom. The number of hydrogen-bond acceptors (Lipinski definition) is 5. The van der Waals surface area contributed by atoms with Crippen LogP contribution in [-0.4, -0.2) is 25.0 Å². The molecule has 0 bridgehead atoms. The molecule has 2 aromatic carbocycles. The van der Waals surface area contributed by atoms with Crippen LogP contribution in [0.5, 0.6) is 0 Å². The van der Waals surface area contributed by atoms with Crippen molar-refractivity contribution in [2.45, 2.75) is 13.0 Å². The fourth-order valence-electron chi connectivity index (χ4n) is 3.27. The summed E-state index contributed by atoms with van der Waals surface area (Å²) < 4.78 is 47.1. The summed E-state index contributed by atoms with van der Waals surface area (Å²) >= 11 is 0. The van der Waals surface area contributed by atoms with Gasteiger partial charge in [0.1, 0.15) is 17.9 Å². The van der Waals surface area contributed by atoms with E-state index in [0.717, 1.165) is 17.7 Å². The highest BCUT2D eigenvalue weighted by Gasteiger charge is 2.16. The highest BCUT2D eigenvalue weighted by molar-refractivity contribution is 5.80. The molecule has 0 saturated carbocycles. The summed E-state index contributed by atoms with van der Waals surface area (Å²) in [7, 11) is 0. The number of nitrogens with zero attached hydrogens (tertiary/aromatic N) is 5. The maximum absolute atomic E-state index is 13.6. The number of fused-ring (bicyclic) bond motifs is 1. The molecule has 0 atom stereocenters. The van der Waals surface area contributed by atoms with Crippen LogP contribution in [-0.2, 0) is 6.54 Å². The van der Waals surface area contributed by atoms with E-state index in [1.807, 2.05) is 30.3 Å². The molecule has 9 heteroatoms. The van der Waals surface area contributed by atoms with Crippen LogP contribution in [0.15, 0.2) is 71.4 Å². The Hall–Kier alpha value is -4.01. The number of alkyl halides is 2. The predicted molar refractivity (Wildman–Crippen MR) is 107 cm³/mol. The monoisotopic (exact) mass is 421 g/mol. The minimum absolute atomic E-state index is 0.209. The summed E-state index contributed by atoms with van der Waals surface area (Å²) in [5.74, 6) is -0.184. The molecule has 3 heterocycles. The largest absolute Gasteiger partial charge is 0.419 e. The average molecular weight is 421 g/mol. The molecular weight excluding hydrogens is 407 g/mol. The van der Waals surface area contributed by atoms with Gasteiger partial charge in [-0.15, -0.1) is 10.2 Å². The van der Waals surface area contributed by atoms with Gasteiger partial charge in [-0.25, -0.2) is 13.2 Å². The van der Waals surface area contributed by atoms with Gasteiger partial charge in [-0.3, -0.25) is 9.67 Å². The van der Waals surface area contributed by atoms with Crippen LogP contribution in [0.25, 0.3) is 33.6 Å². The molecule has 0 unspecified atom stereocenters. The molecule has 3 aromatic heterocycles. The molecule has 5 aromatic rings. The first-order chi connectivity index (χ1) is 15.1. The van der Waals surface area contributed by atoms with Crippen LogP contribution in [0, 0.1) is 5.82 Å². The fourth-order valence-corrected chi connectivity index (χ4v) is 3.27. The molecule has 0 amide bonds. The third-order valence-corrected chi connectivity index (χ3v) is 4.83. The van der Waals surface area contributed by atoms with E-state index >= 15 is 0 Å². The topological polar surface area (TPSA) is 69.6 Å². The lowest BCUT2D eigenvalue weighted by Crippen LogP contribution is -2.02. The summed E-state index contributed by atoms with van der Waals surface area (Å²) in [6, 6.07) is 14.7. The highest BCUT2D eigenvalue weighted by atomic mass is 19.3. The number of rotatable bonds is 5. The van der Waals surface area contributed by atoms with Crippen LogP contribution in [0.1, 0.15) is 17.9 Å². The molecule has 0 spiro atoms. The van der Waals surface area contributed by atoms with Gasteiger partial charge < -0.3 is 4.42 Å². The summed E-state index contributed by atoms with van der Waals surface area (Å²) in [4.78, 5) is 4.34. The summed E-state index contributed by atoms with van der Waals surface area (Å²) in [5.41, 5.74) is 2.42. The van der Waals surface area contributed by atoms with Crippen molar-refractivity contribution >= 4 is 11.0 Å². The van der Waals surface area contributed by atoms with Gasteiger partial charge in [-0.2, -0.15) is 5.10 Å². The zero-order valence-electron chi connectivity index (χ0n) is 15.9. The Bertz CT molecular complexity index is 1360. The minimum atomic E-state index is -2.90. The maximum Gasteiger partial charge on any atom is 0.266 e. The van der Waals surface area contributed by atoms with Gasteiger partial charge in [0.05, 0.1) is 17.3 Å². The van der Waals surface area contributed by atoms with E-state index in [2.05, 4.69) is 20.3 Å². The molecule has 0 aliphatic carbocycles. The number of aromatic nitrogens is 5. The average Bonchev–Trinajstić information content (AvgIpc) is 3.42. The van der Waals surface area contributed by atoms with Crippen molar-refractivity contribution in [3.8, 4) is 22.6 Å². The lowest BCUT2D eigenvalue weighted by Gasteiger charge is -2.07. The first-order valence-corrected chi connectivity index (χ1v) is 9.36. The van der Waals surface area contributed by atoms with Crippen LogP contribution in [0.4, 0.5) is 13.2 Å². The lowest BCUT2D eigenvalue weighted by atomic mass is 10.0. The van der Waals surface area contributed by atoms with E-state index in [1.54, 1.807) is 16.9 Å². The molecule has 5 rings (SSSR count). The normalized spacial score (nSPS) is 11.5. The predicted octanol–water partition coefficient (Wildman–Crippen LogP) is 5.27. The van der Waals surface area contributed by atoms with E-state index in [4.69, 9.17) is 4.42 Å². The molecule has 31 heavy (non-hydrogen) atoms. The second-order valence-corrected chi connectivity index (χ2v) is 6.83. The Balaban J connectivity index is 1.48. The Labute approximate surface area is 174 Å². The van der Waals surface area contributed by atoms with E-state index in [0.29, 0.717) is 33.9 Å². The van der Waals surface area contributed by atoms with Crippen molar-refractivity contribution in [1.82, 2.24) is 25.0 Å². The van der Waals surface area contributed by atoms with Crippen LogP contribution in [0.2, 0.25) is 0 Å². The summed E-state index contributed by atoms with van der Waals surface area (Å²) in [5, 5.41) is 12.5. The van der Waals surface area contributed by atoms with Crippen molar-refractivity contribution in [3.63, 3.8) is 0 Å². The highest BCUT2D eigenvalue weighted by Crippen LogP contribution is 2.29. The standard InChI is InChI=1S/C22H14F3N5O/c23-17-7-6-14(8-16(17)21(24)25)15-9-19-18(26-10-15)11-27-30(19)12-20-28-29-22(31-20)13-4-2-1-3-5-13/h1-11,21H,12H2. The van der Waals surface area contributed by atoms with E-state index < -0.39 is 17.8 Å². The van der Waals surface area contributed by atoms with Gasteiger partial charge in [0, 0.05) is 17.3 Å². The molecule has 0 aliphatic heterocycles. The molecule has 0 fully saturated rings. The number of benzene rings is 2. The molecule has 0 saturated heterocycles. The molecule has 0 radical (unpaired) electrons. The van der Waals surface area contributed by atoms with Crippen molar-refractivity contribution in [3.05, 3.63) is 84.3 Å². The fraction of sp³-hybridized carbons (Fsp3) is 0.0909. The van der Waals surface area contributed by atoms with Crippen LogP contribution < -0.4 is 0 Å². The molecular formula is C22H14F3N5O. The summed E-state index contributed by atoms with van der Waals surface area (Å²) in [6.07, 6.45) is 0.221. The van der Waals surface area contributed by atoms with Crippen molar-refractivity contribution in [2.24, 2.45) is 0 Å². The maximum atomic E-state index is 13.6. The lowest BCUT2D eigenvalue weighted by molar-refractivity contribution is 0.146.